The maximum atomic E-state index is 13.9. The molecule has 8 heteroatoms. The Morgan fingerprint density at radius 3 is 1.62 bits per heavy atom. The third-order valence-corrected chi connectivity index (χ3v) is 3.56. The molecule has 1 aliphatic carbocycles. The highest BCUT2D eigenvalue weighted by molar-refractivity contribution is 6.23. The van der Waals surface area contributed by atoms with E-state index in [9.17, 15) is 23.8 Å². The van der Waals surface area contributed by atoms with Crippen LogP contribution in [0.2, 0.25) is 0 Å². The summed E-state index contributed by atoms with van der Waals surface area (Å²) >= 11 is 0. The van der Waals surface area contributed by atoms with Crippen LogP contribution in [0, 0.1) is 17.0 Å². The highest BCUT2D eigenvalue weighted by atomic mass is 19.1. The van der Waals surface area contributed by atoms with Crippen LogP contribution in [0.25, 0.3) is 0 Å². The minimum absolute atomic E-state index is 0.00350. The number of carbonyl (C=O) groups is 1. The Balaban J connectivity index is 1.84. The van der Waals surface area contributed by atoms with Crippen LogP contribution in [0.1, 0.15) is 0 Å². The number of halogens is 2. The first-order valence-corrected chi connectivity index (χ1v) is 7.41. The van der Waals surface area contributed by atoms with Gasteiger partial charge in [0.05, 0.1) is 22.8 Å². The fraction of sp³-hybridized carbons (Fsp3) is 0. The van der Waals surface area contributed by atoms with Crippen molar-refractivity contribution >= 4 is 22.9 Å². The SMILES string of the molecule is N=C1C(Nc2ccc(O)cc2F)=CC(=O)C=C1Nc1ccc(O)cc1F. The predicted molar refractivity (Wildman–Crippen MR) is 92.3 cm³/mol. The van der Waals surface area contributed by atoms with E-state index in [-0.39, 0.29) is 40.0 Å². The largest absolute Gasteiger partial charge is 0.508 e. The Labute approximate surface area is 146 Å². The molecule has 3 rings (SSSR count). The second-order valence-electron chi connectivity index (χ2n) is 5.47. The Morgan fingerprint density at radius 2 is 1.23 bits per heavy atom. The van der Waals surface area contributed by atoms with Gasteiger partial charge in [-0.3, -0.25) is 10.2 Å². The molecule has 0 aliphatic heterocycles. The lowest BCUT2D eigenvalue weighted by Gasteiger charge is -2.19. The second kappa shape index (κ2) is 6.67. The van der Waals surface area contributed by atoms with Gasteiger partial charge in [0.15, 0.2) is 5.78 Å². The summed E-state index contributed by atoms with van der Waals surface area (Å²) in [6, 6.07) is 6.79. The molecule has 0 fully saturated rings. The molecule has 132 valence electrons. The van der Waals surface area contributed by atoms with Crippen molar-refractivity contribution in [2.75, 3.05) is 10.6 Å². The van der Waals surface area contributed by atoms with Gasteiger partial charge < -0.3 is 20.8 Å². The van der Waals surface area contributed by atoms with E-state index in [1.54, 1.807) is 0 Å². The van der Waals surface area contributed by atoms with Gasteiger partial charge in [-0.05, 0) is 24.3 Å². The molecule has 0 unspecified atom stereocenters. The molecule has 2 aromatic rings. The summed E-state index contributed by atoms with van der Waals surface area (Å²) in [4.78, 5) is 11.9. The molecule has 0 atom stereocenters. The fourth-order valence-corrected chi connectivity index (χ4v) is 2.31. The average molecular weight is 357 g/mol. The van der Waals surface area contributed by atoms with Gasteiger partial charge in [0.1, 0.15) is 28.8 Å². The molecule has 0 amide bonds. The average Bonchev–Trinajstić information content (AvgIpc) is 2.56. The van der Waals surface area contributed by atoms with Crippen LogP contribution in [-0.4, -0.2) is 21.7 Å². The van der Waals surface area contributed by atoms with Crippen LogP contribution in [-0.2, 0) is 4.79 Å². The van der Waals surface area contributed by atoms with E-state index in [2.05, 4.69) is 10.6 Å². The van der Waals surface area contributed by atoms with Gasteiger partial charge in [-0.25, -0.2) is 8.78 Å². The number of phenolic OH excluding ortho intramolecular Hbond substituents is 2. The van der Waals surface area contributed by atoms with Gasteiger partial charge in [0.2, 0.25) is 0 Å². The van der Waals surface area contributed by atoms with Crippen molar-refractivity contribution < 1.29 is 23.8 Å². The van der Waals surface area contributed by atoms with Crippen molar-refractivity contribution in [3.8, 4) is 11.5 Å². The van der Waals surface area contributed by atoms with E-state index in [4.69, 9.17) is 5.41 Å². The first-order valence-electron chi connectivity index (χ1n) is 7.41. The molecule has 0 bridgehead atoms. The van der Waals surface area contributed by atoms with Crippen molar-refractivity contribution in [1.82, 2.24) is 0 Å². The molecular formula is C18H13F2N3O3. The van der Waals surface area contributed by atoms with Gasteiger partial charge in [0, 0.05) is 24.3 Å². The molecular weight excluding hydrogens is 344 g/mol. The summed E-state index contributed by atoms with van der Waals surface area (Å²) in [6.07, 6.45) is 2.21. The number of rotatable bonds is 4. The van der Waals surface area contributed by atoms with Gasteiger partial charge in [-0.15, -0.1) is 0 Å². The highest BCUT2D eigenvalue weighted by Gasteiger charge is 2.20. The van der Waals surface area contributed by atoms with Crippen LogP contribution < -0.4 is 10.6 Å². The van der Waals surface area contributed by atoms with E-state index in [1.807, 2.05) is 0 Å². The lowest BCUT2D eigenvalue weighted by atomic mass is 10.0. The fourth-order valence-electron chi connectivity index (χ4n) is 2.31. The molecule has 5 N–H and O–H groups in total. The number of ketones is 1. The number of aromatic hydroxyl groups is 2. The maximum absolute atomic E-state index is 13.9. The summed E-state index contributed by atoms with van der Waals surface area (Å²) in [5.41, 5.74) is -0.260. The number of hydrogen-bond donors (Lipinski definition) is 5. The minimum Gasteiger partial charge on any atom is -0.508 e. The summed E-state index contributed by atoms with van der Waals surface area (Å²) < 4.78 is 27.7. The number of benzene rings is 2. The van der Waals surface area contributed by atoms with Gasteiger partial charge in [-0.2, -0.15) is 0 Å². The van der Waals surface area contributed by atoms with Crippen molar-refractivity contribution in [3.63, 3.8) is 0 Å². The van der Waals surface area contributed by atoms with Gasteiger partial charge in [0.25, 0.3) is 0 Å². The van der Waals surface area contributed by atoms with E-state index >= 15 is 0 Å². The number of phenols is 2. The smallest absolute Gasteiger partial charge is 0.182 e. The molecule has 1 aliphatic rings. The number of anilines is 2. The van der Waals surface area contributed by atoms with Crippen LogP contribution in [0.3, 0.4) is 0 Å². The molecule has 26 heavy (non-hydrogen) atoms. The third-order valence-electron chi connectivity index (χ3n) is 3.56. The zero-order valence-corrected chi connectivity index (χ0v) is 13.2. The van der Waals surface area contributed by atoms with Crippen molar-refractivity contribution in [2.45, 2.75) is 0 Å². The zero-order valence-electron chi connectivity index (χ0n) is 13.2. The zero-order chi connectivity index (χ0) is 18.8. The molecule has 0 heterocycles. The van der Waals surface area contributed by atoms with E-state index in [0.717, 1.165) is 24.3 Å². The number of allylic oxidation sites excluding steroid dienone is 2. The molecule has 2 aromatic carbocycles. The standard InChI is InChI=1S/C18H13F2N3O3/c19-12-5-9(24)1-3-14(12)22-16-7-11(26)8-17(18(16)21)23-15-4-2-10(25)6-13(15)20/h1-8,21-25H. The predicted octanol–water partition coefficient (Wildman–Crippen LogP) is 3.27. The lowest BCUT2D eigenvalue weighted by Crippen LogP contribution is -2.23. The van der Waals surface area contributed by atoms with E-state index in [1.165, 1.54) is 24.3 Å². The Kier molecular flexibility index (Phi) is 4.40. The molecule has 6 nitrogen and oxygen atoms in total. The Morgan fingerprint density at radius 1 is 0.808 bits per heavy atom. The lowest BCUT2D eigenvalue weighted by molar-refractivity contribution is -0.110. The summed E-state index contributed by atoms with van der Waals surface area (Å²) in [5.74, 6) is -2.53. The molecule has 0 spiro atoms. The Hall–Kier alpha value is -3.68. The quantitative estimate of drug-likeness (QED) is 0.427. The second-order valence-corrected chi connectivity index (χ2v) is 5.47. The third kappa shape index (κ3) is 3.54. The monoisotopic (exact) mass is 357 g/mol. The number of carbonyl (C=O) groups excluding carboxylic acids is 1. The van der Waals surface area contributed by atoms with Crippen molar-refractivity contribution in [2.24, 2.45) is 0 Å². The molecule has 0 aromatic heterocycles. The summed E-state index contributed by atoms with van der Waals surface area (Å²) in [5, 5.41) is 31.9. The Bertz CT molecular complexity index is 908. The van der Waals surface area contributed by atoms with E-state index < -0.39 is 17.4 Å². The van der Waals surface area contributed by atoms with Crippen LogP contribution in [0.15, 0.2) is 59.9 Å². The van der Waals surface area contributed by atoms with Crippen LogP contribution >= 0.6 is 0 Å². The topological polar surface area (TPSA) is 105 Å². The summed E-state index contributed by atoms with van der Waals surface area (Å²) in [7, 11) is 0. The van der Waals surface area contributed by atoms with Gasteiger partial charge >= 0.3 is 0 Å². The first-order chi connectivity index (χ1) is 12.3. The molecule has 0 radical (unpaired) electrons. The molecule has 0 saturated heterocycles. The van der Waals surface area contributed by atoms with Crippen LogP contribution in [0.4, 0.5) is 20.2 Å². The molecule has 0 saturated carbocycles. The first kappa shape index (κ1) is 17.2. The van der Waals surface area contributed by atoms with E-state index in [0.29, 0.717) is 0 Å². The van der Waals surface area contributed by atoms with Crippen LogP contribution in [0.5, 0.6) is 11.5 Å². The number of hydrogen-bond acceptors (Lipinski definition) is 6. The van der Waals surface area contributed by atoms with Crippen molar-refractivity contribution in [1.29, 1.82) is 5.41 Å². The van der Waals surface area contributed by atoms with Gasteiger partial charge in [-0.1, -0.05) is 0 Å². The summed E-state index contributed by atoms with van der Waals surface area (Å²) in [6.45, 7) is 0. The van der Waals surface area contributed by atoms with Crippen molar-refractivity contribution in [3.05, 3.63) is 71.6 Å². The highest BCUT2D eigenvalue weighted by Crippen LogP contribution is 2.25. The normalized spacial score (nSPS) is 13.9. The minimum atomic E-state index is -0.764. The number of nitrogens with one attached hydrogen (secondary N) is 3. The maximum Gasteiger partial charge on any atom is 0.182 e.